The summed E-state index contributed by atoms with van der Waals surface area (Å²) in [5.74, 6) is 0.771. The number of aromatic nitrogens is 3. The standard InChI is InChI=1S/C26H28N6O2/c33-26(29-20-9-10-20)19-7-5-18(6-8-19)23-17-28-25-24(27-11-12-31-13-15-34-16-14-31)30-21-3-1-2-4-22(21)32(23)25/h1-8,17,20H,9-16H2,(H,27,30)(H,29,33). The maximum Gasteiger partial charge on any atom is 0.251 e. The van der Waals surface area contributed by atoms with Crippen LogP contribution in [0.25, 0.3) is 27.9 Å². The second kappa shape index (κ2) is 9.04. The van der Waals surface area contributed by atoms with Crippen molar-refractivity contribution in [1.29, 1.82) is 0 Å². The molecule has 0 radical (unpaired) electrons. The van der Waals surface area contributed by atoms with Crippen LogP contribution in [0.3, 0.4) is 0 Å². The van der Waals surface area contributed by atoms with E-state index in [4.69, 9.17) is 14.7 Å². The molecule has 0 atom stereocenters. The van der Waals surface area contributed by atoms with Gasteiger partial charge in [-0.25, -0.2) is 9.97 Å². The van der Waals surface area contributed by atoms with Crippen molar-refractivity contribution < 1.29 is 9.53 Å². The summed E-state index contributed by atoms with van der Waals surface area (Å²) in [4.78, 5) is 24.4. The van der Waals surface area contributed by atoms with Crippen LogP contribution in [0.4, 0.5) is 5.82 Å². The minimum atomic E-state index is -0.00593. The molecule has 0 bridgehead atoms. The number of nitrogens with one attached hydrogen (secondary N) is 2. The summed E-state index contributed by atoms with van der Waals surface area (Å²) in [6.07, 6.45) is 4.04. The van der Waals surface area contributed by atoms with Crippen molar-refractivity contribution in [2.24, 2.45) is 0 Å². The molecular weight excluding hydrogens is 428 g/mol. The molecule has 1 saturated carbocycles. The molecule has 8 heteroatoms. The van der Waals surface area contributed by atoms with E-state index in [0.29, 0.717) is 11.6 Å². The highest BCUT2D eigenvalue weighted by Gasteiger charge is 2.24. The number of carbonyl (C=O) groups excluding carboxylic acids is 1. The quantitative estimate of drug-likeness (QED) is 0.444. The minimum Gasteiger partial charge on any atom is -0.379 e. The smallest absolute Gasteiger partial charge is 0.251 e. The van der Waals surface area contributed by atoms with Crippen LogP contribution in [-0.2, 0) is 4.74 Å². The van der Waals surface area contributed by atoms with Crippen LogP contribution in [0.1, 0.15) is 23.2 Å². The minimum absolute atomic E-state index is 0.00593. The van der Waals surface area contributed by atoms with Crippen molar-refractivity contribution in [3.05, 3.63) is 60.3 Å². The number of hydrogen-bond acceptors (Lipinski definition) is 6. The van der Waals surface area contributed by atoms with Gasteiger partial charge in [-0.05, 0) is 37.1 Å². The molecule has 0 spiro atoms. The number of hydrogen-bond donors (Lipinski definition) is 2. The summed E-state index contributed by atoms with van der Waals surface area (Å²) in [6, 6.07) is 16.2. The molecule has 2 aromatic heterocycles. The van der Waals surface area contributed by atoms with Crippen molar-refractivity contribution in [2.45, 2.75) is 18.9 Å². The average Bonchev–Trinajstić information content (AvgIpc) is 3.58. The monoisotopic (exact) mass is 456 g/mol. The van der Waals surface area contributed by atoms with Crippen LogP contribution < -0.4 is 10.6 Å². The largest absolute Gasteiger partial charge is 0.379 e. The number of nitrogens with zero attached hydrogens (tertiary/aromatic N) is 4. The maximum atomic E-state index is 12.4. The Balaban J connectivity index is 1.31. The van der Waals surface area contributed by atoms with Gasteiger partial charge in [-0.2, -0.15) is 0 Å². The Labute approximate surface area is 198 Å². The second-order valence-corrected chi connectivity index (χ2v) is 8.96. The average molecular weight is 457 g/mol. The van der Waals surface area contributed by atoms with Crippen LogP contribution >= 0.6 is 0 Å². The van der Waals surface area contributed by atoms with E-state index in [-0.39, 0.29) is 5.91 Å². The highest BCUT2D eigenvalue weighted by Crippen LogP contribution is 2.29. The van der Waals surface area contributed by atoms with Gasteiger partial charge in [0.05, 0.1) is 36.1 Å². The van der Waals surface area contributed by atoms with Gasteiger partial charge >= 0.3 is 0 Å². The lowest BCUT2D eigenvalue weighted by atomic mass is 10.1. The first-order valence-corrected chi connectivity index (χ1v) is 12.0. The van der Waals surface area contributed by atoms with Crippen molar-refractivity contribution in [3.8, 4) is 11.3 Å². The molecule has 1 aliphatic heterocycles. The van der Waals surface area contributed by atoms with E-state index in [1.807, 2.05) is 48.7 Å². The molecular formula is C26H28N6O2. The van der Waals surface area contributed by atoms with Crippen molar-refractivity contribution >= 4 is 28.4 Å². The molecule has 2 aromatic carbocycles. The predicted molar refractivity (Wildman–Crippen MR) is 132 cm³/mol. The molecule has 3 heterocycles. The number of para-hydroxylation sites is 2. The lowest BCUT2D eigenvalue weighted by molar-refractivity contribution is 0.0398. The Hall–Kier alpha value is -3.49. The first-order valence-electron chi connectivity index (χ1n) is 12.0. The first-order chi connectivity index (χ1) is 16.8. The van der Waals surface area contributed by atoms with E-state index in [1.54, 1.807) is 0 Å². The van der Waals surface area contributed by atoms with E-state index < -0.39 is 0 Å². The van der Waals surface area contributed by atoms with Gasteiger partial charge in [-0.3, -0.25) is 14.1 Å². The van der Waals surface area contributed by atoms with Crippen molar-refractivity contribution in [2.75, 3.05) is 44.7 Å². The Morgan fingerprint density at radius 3 is 2.65 bits per heavy atom. The van der Waals surface area contributed by atoms with E-state index in [1.165, 1.54) is 0 Å². The summed E-state index contributed by atoms with van der Waals surface area (Å²) in [6.45, 7) is 5.23. The Bertz CT molecular complexity index is 1320. The van der Waals surface area contributed by atoms with Crippen molar-refractivity contribution in [3.63, 3.8) is 0 Å². The number of imidazole rings is 1. The topological polar surface area (TPSA) is 83.8 Å². The van der Waals surface area contributed by atoms with E-state index in [2.05, 4.69) is 26.0 Å². The van der Waals surface area contributed by atoms with Gasteiger partial charge in [-0.15, -0.1) is 0 Å². The maximum absolute atomic E-state index is 12.4. The van der Waals surface area contributed by atoms with Gasteiger partial charge in [0.2, 0.25) is 0 Å². The molecule has 1 aliphatic carbocycles. The molecule has 2 fully saturated rings. The van der Waals surface area contributed by atoms with Gasteiger partial charge in [0.25, 0.3) is 5.91 Å². The van der Waals surface area contributed by atoms with Crippen LogP contribution in [-0.4, -0.2) is 70.6 Å². The normalized spacial score (nSPS) is 16.7. The summed E-state index contributed by atoms with van der Waals surface area (Å²) in [5.41, 5.74) is 5.36. The number of benzene rings is 2. The Kier molecular flexibility index (Phi) is 5.60. The third-order valence-corrected chi connectivity index (χ3v) is 6.51. The fraction of sp³-hybridized carbons (Fsp3) is 0.346. The SMILES string of the molecule is O=C(NC1CC1)c1ccc(-c2cnc3c(NCCN4CCOCC4)nc4ccccc4n23)cc1. The molecule has 1 saturated heterocycles. The highest BCUT2D eigenvalue weighted by atomic mass is 16.5. The van der Waals surface area contributed by atoms with Crippen molar-refractivity contribution in [1.82, 2.24) is 24.6 Å². The molecule has 4 aromatic rings. The molecule has 34 heavy (non-hydrogen) atoms. The van der Waals surface area contributed by atoms with Gasteiger partial charge < -0.3 is 15.4 Å². The fourth-order valence-electron chi connectivity index (χ4n) is 4.45. The lowest BCUT2D eigenvalue weighted by Gasteiger charge is -2.26. The third-order valence-electron chi connectivity index (χ3n) is 6.51. The van der Waals surface area contributed by atoms with Crippen LogP contribution in [0, 0.1) is 0 Å². The van der Waals surface area contributed by atoms with Gasteiger partial charge in [0.1, 0.15) is 0 Å². The third kappa shape index (κ3) is 4.22. The van der Waals surface area contributed by atoms with Crippen LogP contribution in [0.15, 0.2) is 54.7 Å². The number of fused-ring (bicyclic) bond motifs is 3. The van der Waals surface area contributed by atoms with E-state index in [0.717, 1.165) is 86.0 Å². The number of amides is 1. The zero-order valence-corrected chi connectivity index (χ0v) is 19.0. The van der Waals surface area contributed by atoms with E-state index in [9.17, 15) is 4.79 Å². The van der Waals surface area contributed by atoms with Gasteiger partial charge in [0, 0.05) is 43.3 Å². The van der Waals surface area contributed by atoms with Crippen LogP contribution in [0.5, 0.6) is 0 Å². The number of rotatable bonds is 7. The summed E-state index contributed by atoms with van der Waals surface area (Å²) in [5, 5.41) is 6.56. The van der Waals surface area contributed by atoms with E-state index >= 15 is 0 Å². The summed E-state index contributed by atoms with van der Waals surface area (Å²) >= 11 is 0. The lowest BCUT2D eigenvalue weighted by Crippen LogP contribution is -2.39. The number of anilines is 1. The fourth-order valence-corrected chi connectivity index (χ4v) is 4.45. The molecule has 2 N–H and O–H groups in total. The molecule has 1 amide bonds. The van der Waals surface area contributed by atoms with Crippen LogP contribution in [0.2, 0.25) is 0 Å². The van der Waals surface area contributed by atoms with Gasteiger partial charge in [0.15, 0.2) is 11.5 Å². The van der Waals surface area contributed by atoms with Gasteiger partial charge in [-0.1, -0.05) is 24.3 Å². The molecule has 6 rings (SSSR count). The Morgan fingerprint density at radius 1 is 1.06 bits per heavy atom. The number of carbonyl (C=O) groups is 1. The summed E-state index contributed by atoms with van der Waals surface area (Å²) < 4.78 is 7.60. The Morgan fingerprint density at radius 2 is 1.85 bits per heavy atom. The summed E-state index contributed by atoms with van der Waals surface area (Å²) in [7, 11) is 0. The number of morpholine rings is 1. The molecule has 2 aliphatic rings. The molecule has 0 unspecified atom stereocenters. The second-order valence-electron chi connectivity index (χ2n) is 8.96. The predicted octanol–water partition coefficient (Wildman–Crippen LogP) is 3.19. The number of ether oxygens (including phenoxy) is 1. The highest BCUT2D eigenvalue weighted by molar-refractivity contribution is 5.95. The molecule has 174 valence electrons. The zero-order chi connectivity index (χ0) is 22.9. The molecule has 8 nitrogen and oxygen atoms in total. The first kappa shape index (κ1) is 21.1. The zero-order valence-electron chi connectivity index (χ0n) is 19.0.